The van der Waals surface area contributed by atoms with Crippen molar-refractivity contribution < 1.29 is 14.3 Å². The van der Waals surface area contributed by atoms with Gasteiger partial charge in [-0.15, -0.1) is 0 Å². The molecule has 0 bridgehead atoms. The molecule has 110 valence electrons. The van der Waals surface area contributed by atoms with Gasteiger partial charge in [-0.2, -0.15) is 0 Å². The zero-order valence-electron chi connectivity index (χ0n) is 11.9. The van der Waals surface area contributed by atoms with E-state index < -0.39 is 17.7 Å². The van der Waals surface area contributed by atoms with E-state index >= 15 is 0 Å². The van der Waals surface area contributed by atoms with E-state index in [2.05, 4.69) is 26.2 Å². The van der Waals surface area contributed by atoms with Crippen molar-refractivity contribution >= 4 is 34.1 Å². The Hall–Kier alpha value is -1.63. The number of halogens is 1. The Balaban J connectivity index is 2.88. The van der Waals surface area contributed by atoms with Crippen molar-refractivity contribution in [3.8, 4) is 0 Å². The fourth-order valence-electron chi connectivity index (χ4n) is 1.48. The molecule has 1 aromatic rings. The number of pyridine rings is 1. The van der Waals surface area contributed by atoms with Crippen LogP contribution in [0.25, 0.3) is 0 Å². The lowest BCUT2D eigenvalue weighted by Gasteiger charge is -2.22. The average Bonchev–Trinajstić information content (AvgIpc) is 2.28. The second-order valence-electron chi connectivity index (χ2n) is 5.32. The van der Waals surface area contributed by atoms with Crippen molar-refractivity contribution in [2.75, 3.05) is 5.73 Å². The number of alkyl carbamates (subject to hydrolysis) is 1. The van der Waals surface area contributed by atoms with Crippen molar-refractivity contribution in [2.45, 2.75) is 39.3 Å². The van der Waals surface area contributed by atoms with Gasteiger partial charge in [-0.05, 0) is 49.7 Å². The van der Waals surface area contributed by atoms with Crippen LogP contribution in [0.2, 0.25) is 0 Å². The van der Waals surface area contributed by atoms with Gasteiger partial charge in [0.1, 0.15) is 11.4 Å². The molecule has 20 heavy (non-hydrogen) atoms. The third-order valence-electron chi connectivity index (χ3n) is 2.33. The zero-order chi connectivity index (χ0) is 15.5. The largest absolute Gasteiger partial charge is 0.444 e. The summed E-state index contributed by atoms with van der Waals surface area (Å²) in [5.74, 6) is 0.121. The van der Waals surface area contributed by atoms with Crippen molar-refractivity contribution in [1.82, 2.24) is 10.3 Å². The fraction of sp³-hybridized carbons (Fsp3) is 0.462. The molecule has 0 radical (unpaired) electrons. The number of nitrogens with zero attached hydrogens (tertiary/aromatic N) is 1. The van der Waals surface area contributed by atoms with Crippen LogP contribution in [0.15, 0.2) is 10.5 Å². The molecule has 3 N–H and O–H groups in total. The number of nitrogens with one attached hydrogen (secondary N) is 1. The smallest absolute Gasteiger partial charge is 0.408 e. The average molecular weight is 344 g/mol. The molecule has 6 nitrogen and oxygen atoms in total. The number of rotatable bonds is 3. The first-order chi connectivity index (χ1) is 9.14. The maximum atomic E-state index is 11.7. The highest BCUT2D eigenvalue weighted by molar-refractivity contribution is 9.10. The van der Waals surface area contributed by atoms with E-state index in [0.717, 1.165) is 0 Å². The molecule has 0 saturated heterocycles. The monoisotopic (exact) mass is 343 g/mol. The van der Waals surface area contributed by atoms with Crippen LogP contribution in [0.5, 0.6) is 0 Å². The number of aldehydes is 1. The molecule has 1 amide bonds. The van der Waals surface area contributed by atoms with Gasteiger partial charge < -0.3 is 15.8 Å². The molecular formula is C13H18BrN3O3. The Labute approximate surface area is 126 Å². The molecular weight excluding hydrogens is 326 g/mol. The van der Waals surface area contributed by atoms with Gasteiger partial charge in [0.25, 0.3) is 0 Å². The molecule has 0 aliphatic heterocycles. The highest BCUT2D eigenvalue weighted by atomic mass is 79.9. The topological polar surface area (TPSA) is 94.3 Å². The van der Waals surface area contributed by atoms with Crippen molar-refractivity contribution in [1.29, 1.82) is 0 Å². The van der Waals surface area contributed by atoms with E-state index in [1.165, 1.54) is 0 Å². The molecule has 1 heterocycles. The number of carbonyl (C=O) groups is 2. The Kier molecular flexibility index (Phi) is 5.10. The minimum atomic E-state index is -0.575. The van der Waals surface area contributed by atoms with Crippen LogP contribution in [0.3, 0.4) is 0 Å². The molecule has 0 aliphatic rings. The van der Waals surface area contributed by atoms with Crippen LogP contribution in [0.4, 0.5) is 10.6 Å². The van der Waals surface area contributed by atoms with Gasteiger partial charge in [-0.25, -0.2) is 9.78 Å². The third kappa shape index (κ3) is 4.48. The second-order valence-corrected chi connectivity index (χ2v) is 6.17. The number of nitrogen functional groups attached to an aromatic ring is 1. The third-order valence-corrected chi connectivity index (χ3v) is 2.97. The maximum absolute atomic E-state index is 11.7. The number of hydrogen-bond donors (Lipinski definition) is 2. The van der Waals surface area contributed by atoms with Crippen LogP contribution >= 0.6 is 15.9 Å². The van der Waals surface area contributed by atoms with Crippen molar-refractivity contribution in [3.05, 3.63) is 21.8 Å². The SMILES string of the molecule is CC(NC(=O)OC(C)(C)C)c1nc(N)c(C=O)cc1Br. The van der Waals surface area contributed by atoms with Crippen LogP contribution in [0.1, 0.15) is 49.8 Å². The standard InChI is InChI=1S/C13H18BrN3O3/c1-7(16-12(19)20-13(2,3)4)10-9(14)5-8(6-18)11(15)17-10/h5-7H,1-4H3,(H2,15,17)(H,16,19). The zero-order valence-corrected chi connectivity index (χ0v) is 13.4. The maximum Gasteiger partial charge on any atom is 0.408 e. The molecule has 1 atom stereocenters. The van der Waals surface area contributed by atoms with Crippen LogP contribution < -0.4 is 11.1 Å². The predicted octanol–water partition coefficient (Wildman–Crippen LogP) is 2.82. The number of carbonyl (C=O) groups excluding carboxylic acids is 2. The van der Waals surface area contributed by atoms with Gasteiger partial charge in [-0.3, -0.25) is 4.79 Å². The summed E-state index contributed by atoms with van der Waals surface area (Å²) >= 11 is 3.30. The second kappa shape index (κ2) is 6.21. The Morgan fingerprint density at radius 2 is 2.15 bits per heavy atom. The fourth-order valence-corrected chi connectivity index (χ4v) is 2.16. The van der Waals surface area contributed by atoms with Crippen LogP contribution in [0, 0.1) is 0 Å². The minimum absolute atomic E-state index is 0.121. The summed E-state index contributed by atoms with van der Waals surface area (Å²) in [7, 11) is 0. The number of hydrogen-bond acceptors (Lipinski definition) is 5. The molecule has 0 saturated carbocycles. The van der Waals surface area contributed by atoms with Crippen molar-refractivity contribution in [2.24, 2.45) is 0 Å². The lowest BCUT2D eigenvalue weighted by atomic mass is 10.1. The summed E-state index contributed by atoms with van der Waals surface area (Å²) in [6.07, 6.45) is 0.0831. The number of aromatic nitrogens is 1. The van der Waals surface area contributed by atoms with Gasteiger partial charge in [0, 0.05) is 4.47 Å². The molecule has 0 aliphatic carbocycles. The molecule has 1 aromatic heterocycles. The van der Waals surface area contributed by atoms with E-state index in [1.807, 2.05) is 0 Å². The van der Waals surface area contributed by atoms with E-state index in [4.69, 9.17) is 10.5 Å². The van der Waals surface area contributed by atoms with Gasteiger partial charge in [0.05, 0.1) is 17.3 Å². The van der Waals surface area contributed by atoms with E-state index in [1.54, 1.807) is 33.8 Å². The molecule has 0 fully saturated rings. The summed E-state index contributed by atoms with van der Waals surface area (Å²) in [6.45, 7) is 7.09. The first-order valence-electron chi connectivity index (χ1n) is 6.04. The minimum Gasteiger partial charge on any atom is -0.444 e. The molecule has 1 unspecified atom stereocenters. The van der Waals surface area contributed by atoms with Crippen LogP contribution in [-0.2, 0) is 4.74 Å². The summed E-state index contributed by atoms with van der Waals surface area (Å²) in [6, 6.07) is 1.15. The Morgan fingerprint density at radius 3 is 2.65 bits per heavy atom. The summed E-state index contributed by atoms with van der Waals surface area (Å²) in [5.41, 5.74) is 5.91. The highest BCUT2D eigenvalue weighted by Gasteiger charge is 2.20. The number of anilines is 1. The Bertz CT molecular complexity index is 526. The lowest BCUT2D eigenvalue weighted by Crippen LogP contribution is -2.34. The Morgan fingerprint density at radius 1 is 1.55 bits per heavy atom. The van der Waals surface area contributed by atoms with Gasteiger partial charge in [-0.1, -0.05) is 0 Å². The van der Waals surface area contributed by atoms with Crippen LogP contribution in [-0.4, -0.2) is 23.0 Å². The van der Waals surface area contributed by atoms with Gasteiger partial charge in [0.2, 0.25) is 0 Å². The molecule has 7 heteroatoms. The van der Waals surface area contributed by atoms with Gasteiger partial charge >= 0.3 is 6.09 Å². The highest BCUT2D eigenvalue weighted by Crippen LogP contribution is 2.25. The number of ether oxygens (including phenoxy) is 1. The number of nitrogens with two attached hydrogens (primary N) is 1. The molecule has 0 spiro atoms. The summed E-state index contributed by atoms with van der Waals surface area (Å²) in [5, 5.41) is 2.66. The quantitative estimate of drug-likeness (QED) is 0.823. The van der Waals surface area contributed by atoms with E-state index in [-0.39, 0.29) is 5.82 Å². The van der Waals surface area contributed by atoms with E-state index in [9.17, 15) is 9.59 Å². The lowest BCUT2D eigenvalue weighted by molar-refractivity contribution is 0.0506. The summed E-state index contributed by atoms with van der Waals surface area (Å²) < 4.78 is 5.76. The first-order valence-corrected chi connectivity index (χ1v) is 6.84. The van der Waals surface area contributed by atoms with Gasteiger partial charge in [0.15, 0.2) is 6.29 Å². The predicted molar refractivity (Wildman–Crippen MR) is 79.5 cm³/mol. The number of amides is 1. The molecule has 1 rings (SSSR count). The summed E-state index contributed by atoms with van der Waals surface area (Å²) in [4.78, 5) is 26.6. The van der Waals surface area contributed by atoms with E-state index in [0.29, 0.717) is 22.0 Å². The normalized spacial score (nSPS) is 12.7. The van der Waals surface area contributed by atoms with Crippen molar-refractivity contribution in [3.63, 3.8) is 0 Å². The molecule has 0 aromatic carbocycles. The first kappa shape index (κ1) is 16.4.